The Morgan fingerprint density at radius 2 is 1.90 bits per heavy atom. The smallest absolute Gasteiger partial charge is 0.256 e. The molecule has 3 N–H and O–H groups in total. The normalized spacial score (nSPS) is 10.5. The lowest BCUT2D eigenvalue weighted by atomic mass is 10.2. The first-order chi connectivity index (χ1) is 14.0. The Morgan fingerprint density at radius 1 is 1.10 bits per heavy atom. The molecule has 0 aliphatic heterocycles. The Labute approximate surface area is 175 Å². The number of fused-ring (bicyclic) bond motifs is 1. The molecule has 0 saturated heterocycles. The van der Waals surface area contributed by atoms with Gasteiger partial charge in [-0.05, 0) is 42.5 Å². The maximum atomic E-state index is 12.5. The van der Waals surface area contributed by atoms with Crippen LogP contribution in [0.4, 0.5) is 17.5 Å². The minimum atomic E-state index is -0.354. The van der Waals surface area contributed by atoms with Crippen molar-refractivity contribution in [1.29, 1.82) is 5.26 Å². The summed E-state index contributed by atoms with van der Waals surface area (Å²) in [5.74, 6) is 0.387. The number of H-pyrrole nitrogens is 1. The zero-order valence-electron chi connectivity index (χ0n) is 14.7. The van der Waals surface area contributed by atoms with Gasteiger partial charge in [0.1, 0.15) is 5.82 Å². The lowest BCUT2D eigenvalue weighted by Crippen LogP contribution is -2.12. The number of anilines is 3. The Hall–Kier alpha value is -3.60. The van der Waals surface area contributed by atoms with Gasteiger partial charge in [-0.1, -0.05) is 29.3 Å². The van der Waals surface area contributed by atoms with E-state index in [1.807, 2.05) is 6.07 Å². The highest BCUT2D eigenvalue weighted by Crippen LogP contribution is 2.32. The number of rotatable bonds is 4. The quantitative estimate of drug-likeness (QED) is 0.422. The van der Waals surface area contributed by atoms with E-state index in [0.29, 0.717) is 49.7 Å². The zero-order valence-corrected chi connectivity index (χ0v) is 16.2. The number of imidazole rings is 1. The number of aromatic amines is 1. The molecule has 0 aliphatic carbocycles. The van der Waals surface area contributed by atoms with Crippen LogP contribution in [-0.2, 0) is 0 Å². The highest BCUT2D eigenvalue weighted by atomic mass is 35.5. The summed E-state index contributed by atoms with van der Waals surface area (Å²) in [5.41, 5.74) is 2.68. The minimum absolute atomic E-state index is 0.300. The Kier molecular flexibility index (Phi) is 5.04. The molecule has 2 aromatic carbocycles. The van der Waals surface area contributed by atoms with E-state index >= 15 is 0 Å². The van der Waals surface area contributed by atoms with Gasteiger partial charge in [0.15, 0.2) is 0 Å². The lowest BCUT2D eigenvalue weighted by molar-refractivity contribution is 0.102. The predicted octanol–water partition coefficient (Wildman–Crippen LogP) is 5.13. The van der Waals surface area contributed by atoms with Crippen LogP contribution >= 0.6 is 23.2 Å². The van der Waals surface area contributed by atoms with Gasteiger partial charge in [-0.2, -0.15) is 5.26 Å². The van der Waals surface area contributed by atoms with Crippen molar-refractivity contribution in [3.8, 4) is 6.07 Å². The molecule has 0 saturated carbocycles. The molecule has 0 atom stereocenters. The van der Waals surface area contributed by atoms with Crippen molar-refractivity contribution in [2.24, 2.45) is 0 Å². The number of nitrogens with zero attached hydrogens (tertiary/aromatic N) is 3. The highest BCUT2D eigenvalue weighted by Gasteiger charge is 2.12. The van der Waals surface area contributed by atoms with Crippen molar-refractivity contribution >= 4 is 57.6 Å². The number of nitriles is 1. The molecule has 0 unspecified atom stereocenters. The van der Waals surface area contributed by atoms with Crippen LogP contribution in [0.5, 0.6) is 0 Å². The third-order valence-corrected chi connectivity index (χ3v) is 4.71. The highest BCUT2D eigenvalue weighted by molar-refractivity contribution is 6.39. The first kappa shape index (κ1) is 18.7. The number of carbonyl (C=O) groups excluding carboxylic acids is 1. The molecular formula is C20H12Cl2N6O. The van der Waals surface area contributed by atoms with Gasteiger partial charge in [0, 0.05) is 11.8 Å². The molecule has 4 rings (SSSR count). The summed E-state index contributed by atoms with van der Waals surface area (Å²) in [7, 11) is 0. The molecular weight excluding hydrogens is 411 g/mol. The van der Waals surface area contributed by atoms with Gasteiger partial charge < -0.3 is 15.6 Å². The maximum absolute atomic E-state index is 12.5. The number of aromatic nitrogens is 3. The molecule has 1 amide bonds. The second-order valence-corrected chi connectivity index (χ2v) is 6.85. The molecule has 7 nitrogen and oxygen atoms in total. The SMILES string of the molecule is N#Cc1ccnc(NC(=O)c2ccc3nc(Nc4c(Cl)cccc4Cl)[nH]c3c2)c1. The fraction of sp³-hybridized carbons (Fsp3) is 0. The first-order valence-corrected chi connectivity index (χ1v) is 9.17. The van der Waals surface area contributed by atoms with Crippen LogP contribution < -0.4 is 10.6 Å². The molecule has 0 bridgehead atoms. The van der Waals surface area contributed by atoms with Crippen molar-refractivity contribution in [2.45, 2.75) is 0 Å². The Morgan fingerprint density at radius 3 is 2.66 bits per heavy atom. The van der Waals surface area contributed by atoms with Gasteiger partial charge >= 0.3 is 0 Å². The molecule has 0 spiro atoms. The van der Waals surface area contributed by atoms with E-state index in [-0.39, 0.29) is 5.91 Å². The molecule has 2 heterocycles. The second-order valence-electron chi connectivity index (χ2n) is 6.03. The molecule has 0 radical (unpaired) electrons. The molecule has 142 valence electrons. The van der Waals surface area contributed by atoms with Gasteiger partial charge in [0.2, 0.25) is 5.95 Å². The third kappa shape index (κ3) is 3.99. The fourth-order valence-corrected chi connectivity index (χ4v) is 3.19. The van der Waals surface area contributed by atoms with Crippen molar-refractivity contribution in [2.75, 3.05) is 10.6 Å². The van der Waals surface area contributed by atoms with Crippen LogP contribution in [0.25, 0.3) is 11.0 Å². The molecule has 9 heteroatoms. The summed E-state index contributed by atoms with van der Waals surface area (Å²) in [5, 5.41) is 15.6. The summed E-state index contributed by atoms with van der Waals surface area (Å²) in [4.78, 5) is 24.1. The largest absolute Gasteiger partial charge is 0.324 e. The Balaban J connectivity index is 1.58. The van der Waals surface area contributed by atoms with E-state index in [4.69, 9.17) is 28.5 Å². The van der Waals surface area contributed by atoms with E-state index in [1.165, 1.54) is 12.3 Å². The van der Waals surface area contributed by atoms with Crippen LogP contribution in [0.2, 0.25) is 10.0 Å². The van der Waals surface area contributed by atoms with E-state index in [0.717, 1.165) is 0 Å². The van der Waals surface area contributed by atoms with Crippen LogP contribution in [0.15, 0.2) is 54.7 Å². The summed E-state index contributed by atoms with van der Waals surface area (Å²) >= 11 is 12.4. The number of benzene rings is 2. The zero-order chi connectivity index (χ0) is 20.4. The van der Waals surface area contributed by atoms with Gasteiger partial charge in [0.05, 0.1) is 38.4 Å². The number of halogens is 2. The van der Waals surface area contributed by atoms with Crippen molar-refractivity contribution in [3.63, 3.8) is 0 Å². The average molecular weight is 423 g/mol. The van der Waals surface area contributed by atoms with E-state index < -0.39 is 0 Å². The number of hydrogen-bond donors (Lipinski definition) is 3. The van der Waals surface area contributed by atoms with Crippen LogP contribution in [0.1, 0.15) is 15.9 Å². The molecule has 0 aliphatic rings. The fourth-order valence-electron chi connectivity index (χ4n) is 2.70. The summed E-state index contributed by atoms with van der Waals surface area (Å²) in [6, 6.07) is 15.3. The average Bonchev–Trinajstić information content (AvgIpc) is 3.12. The van der Waals surface area contributed by atoms with Gasteiger partial charge in [0.25, 0.3) is 5.91 Å². The monoisotopic (exact) mass is 422 g/mol. The molecule has 4 aromatic rings. The first-order valence-electron chi connectivity index (χ1n) is 8.42. The standard InChI is InChI=1S/C20H12Cl2N6O/c21-13-2-1-3-14(22)18(13)28-20-25-15-5-4-12(9-16(15)26-20)19(29)27-17-8-11(10-23)6-7-24-17/h1-9H,(H,24,27,29)(H2,25,26,28). The third-order valence-electron chi connectivity index (χ3n) is 4.08. The number of nitrogens with one attached hydrogen (secondary N) is 3. The van der Waals surface area contributed by atoms with Crippen LogP contribution in [0, 0.1) is 11.3 Å². The van der Waals surface area contributed by atoms with Gasteiger partial charge in [-0.25, -0.2) is 9.97 Å². The van der Waals surface area contributed by atoms with Crippen molar-refractivity contribution < 1.29 is 4.79 Å². The topological polar surface area (TPSA) is 106 Å². The maximum Gasteiger partial charge on any atom is 0.256 e. The number of para-hydroxylation sites is 1. The van der Waals surface area contributed by atoms with E-state index in [9.17, 15) is 4.79 Å². The van der Waals surface area contributed by atoms with Crippen LogP contribution in [0.3, 0.4) is 0 Å². The number of hydrogen-bond acceptors (Lipinski definition) is 5. The molecule has 0 fully saturated rings. The molecule has 2 aromatic heterocycles. The second kappa shape index (κ2) is 7.80. The van der Waals surface area contributed by atoms with Crippen LogP contribution in [-0.4, -0.2) is 20.9 Å². The molecule has 29 heavy (non-hydrogen) atoms. The van der Waals surface area contributed by atoms with Crippen molar-refractivity contribution in [1.82, 2.24) is 15.0 Å². The minimum Gasteiger partial charge on any atom is -0.324 e. The van der Waals surface area contributed by atoms with Crippen molar-refractivity contribution in [3.05, 3.63) is 75.9 Å². The van der Waals surface area contributed by atoms with Gasteiger partial charge in [-0.15, -0.1) is 0 Å². The summed E-state index contributed by atoms with van der Waals surface area (Å²) < 4.78 is 0. The summed E-state index contributed by atoms with van der Waals surface area (Å²) in [6.45, 7) is 0. The van der Waals surface area contributed by atoms with E-state index in [1.54, 1.807) is 42.5 Å². The van der Waals surface area contributed by atoms with Gasteiger partial charge in [-0.3, -0.25) is 4.79 Å². The number of pyridine rings is 1. The van der Waals surface area contributed by atoms with E-state index in [2.05, 4.69) is 25.6 Å². The number of amides is 1. The summed E-state index contributed by atoms with van der Waals surface area (Å²) in [6.07, 6.45) is 1.46. The number of carbonyl (C=O) groups is 1. The lowest BCUT2D eigenvalue weighted by Gasteiger charge is -2.06. The predicted molar refractivity (Wildman–Crippen MR) is 113 cm³/mol. The Bertz CT molecular complexity index is 1260.